The molecule has 3 heteroatoms. The van der Waals surface area contributed by atoms with Crippen molar-refractivity contribution >= 4 is 12.2 Å². The van der Waals surface area contributed by atoms with Crippen molar-refractivity contribution < 1.29 is 9.53 Å². The Kier molecular flexibility index (Phi) is 9.02. The Morgan fingerprint density at radius 1 is 1.24 bits per heavy atom. The summed E-state index contributed by atoms with van der Waals surface area (Å²) in [5, 5.41) is 0. The molecule has 0 aliphatic rings. The van der Waals surface area contributed by atoms with Gasteiger partial charge in [0.25, 0.3) is 0 Å². The van der Waals surface area contributed by atoms with Crippen molar-refractivity contribution in [1.29, 1.82) is 0 Å². The number of hydrogen-bond acceptors (Lipinski definition) is 3. The van der Waals surface area contributed by atoms with E-state index in [2.05, 4.69) is 31.8 Å². The summed E-state index contributed by atoms with van der Waals surface area (Å²) in [5.74, 6) is -0.256. The third-order valence-corrected chi connectivity index (χ3v) is 2.08. The summed E-state index contributed by atoms with van der Waals surface area (Å²) in [5.41, 5.74) is 2.66. The van der Waals surface area contributed by atoms with E-state index >= 15 is 0 Å². The highest BCUT2D eigenvalue weighted by atomic mass is 16.5. The summed E-state index contributed by atoms with van der Waals surface area (Å²) in [4.78, 5) is 14.6. The van der Waals surface area contributed by atoms with Crippen molar-refractivity contribution in [2.45, 2.75) is 40.5 Å². The van der Waals surface area contributed by atoms with E-state index in [1.54, 1.807) is 6.21 Å². The molecule has 96 valence electrons. The van der Waals surface area contributed by atoms with Gasteiger partial charge < -0.3 is 4.74 Å². The second kappa shape index (κ2) is 9.82. The molecule has 0 aromatic rings. The predicted octanol–water partition coefficient (Wildman–Crippen LogP) is 3.31. The summed E-state index contributed by atoms with van der Waals surface area (Å²) in [6.07, 6.45) is 8.15. The van der Waals surface area contributed by atoms with Crippen LogP contribution in [0.2, 0.25) is 0 Å². The lowest BCUT2D eigenvalue weighted by atomic mass is 10.1. The third kappa shape index (κ3) is 12.6. The van der Waals surface area contributed by atoms with E-state index in [0.29, 0.717) is 13.2 Å². The fraction of sp³-hybridized carbons (Fsp3) is 0.571. The Balaban J connectivity index is 3.71. The van der Waals surface area contributed by atoms with Gasteiger partial charge in [0.05, 0.1) is 6.54 Å². The molecular weight excluding hydrogens is 214 g/mol. The van der Waals surface area contributed by atoms with Crippen LogP contribution in [0.25, 0.3) is 0 Å². The number of esters is 1. The van der Waals surface area contributed by atoms with Crippen LogP contribution >= 0.6 is 0 Å². The topological polar surface area (TPSA) is 38.7 Å². The lowest BCUT2D eigenvalue weighted by molar-refractivity contribution is -0.140. The molecule has 0 aliphatic heterocycles. The average Bonchev–Trinajstić information content (AvgIpc) is 2.22. The summed E-state index contributed by atoms with van der Waals surface area (Å²) < 4.78 is 4.76. The van der Waals surface area contributed by atoms with Crippen LogP contribution in [0, 0.1) is 0 Å². The molecule has 0 aliphatic carbocycles. The van der Waals surface area contributed by atoms with Gasteiger partial charge in [0.15, 0.2) is 0 Å². The third-order valence-electron chi connectivity index (χ3n) is 2.08. The first-order valence-corrected chi connectivity index (χ1v) is 5.94. The van der Waals surface area contributed by atoms with Crippen LogP contribution in [0.5, 0.6) is 0 Å². The van der Waals surface area contributed by atoms with Gasteiger partial charge >= 0.3 is 5.97 Å². The van der Waals surface area contributed by atoms with Gasteiger partial charge in [0.2, 0.25) is 0 Å². The first-order chi connectivity index (χ1) is 8.02. The van der Waals surface area contributed by atoms with Gasteiger partial charge in [-0.3, -0.25) is 9.79 Å². The van der Waals surface area contributed by atoms with Gasteiger partial charge in [-0.1, -0.05) is 17.2 Å². The molecule has 0 saturated carbocycles. The molecule has 0 amide bonds. The minimum Gasteiger partial charge on any atom is -0.464 e. The van der Waals surface area contributed by atoms with Crippen LogP contribution in [-0.2, 0) is 9.53 Å². The minimum absolute atomic E-state index is 0.256. The van der Waals surface area contributed by atoms with Gasteiger partial charge in [-0.25, -0.2) is 0 Å². The minimum atomic E-state index is -0.256. The Labute approximate surface area is 104 Å². The SMILES string of the molecule is CC(=O)OCCN=C/C=C(\C)CCC=C(C)C. The van der Waals surface area contributed by atoms with Crippen molar-refractivity contribution in [2.24, 2.45) is 4.99 Å². The fourth-order valence-corrected chi connectivity index (χ4v) is 1.17. The summed E-state index contributed by atoms with van der Waals surface area (Å²) in [7, 11) is 0. The first kappa shape index (κ1) is 15.6. The van der Waals surface area contributed by atoms with E-state index in [1.165, 1.54) is 18.1 Å². The molecular formula is C14H23NO2. The highest BCUT2D eigenvalue weighted by molar-refractivity contribution is 5.72. The summed E-state index contributed by atoms with van der Waals surface area (Å²) in [6.45, 7) is 8.59. The van der Waals surface area contributed by atoms with E-state index in [-0.39, 0.29) is 5.97 Å². The number of allylic oxidation sites excluding steroid dienone is 4. The molecule has 0 spiro atoms. The average molecular weight is 237 g/mol. The molecule has 3 nitrogen and oxygen atoms in total. The zero-order valence-electron chi connectivity index (χ0n) is 11.3. The van der Waals surface area contributed by atoms with Crippen LogP contribution < -0.4 is 0 Å². The smallest absolute Gasteiger partial charge is 0.302 e. The van der Waals surface area contributed by atoms with Crippen LogP contribution in [0.3, 0.4) is 0 Å². The summed E-state index contributed by atoms with van der Waals surface area (Å²) in [6, 6.07) is 0. The van der Waals surface area contributed by atoms with E-state index in [9.17, 15) is 4.79 Å². The van der Waals surface area contributed by atoms with Crippen molar-refractivity contribution in [3.8, 4) is 0 Å². The largest absolute Gasteiger partial charge is 0.464 e. The molecule has 17 heavy (non-hydrogen) atoms. The van der Waals surface area contributed by atoms with Gasteiger partial charge in [-0.15, -0.1) is 0 Å². The van der Waals surface area contributed by atoms with Crippen molar-refractivity contribution in [2.75, 3.05) is 13.2 Å². The Bertz CT molecular complexity index is 310. The second-order valence-electron chi connectivity index (χ2n) is 4.23. The zero-order chi connectivity index (χ0) is 13.1. The normalized spacial score (nSPS) is 11.6. The fourth-order valence-electron chi connectivity index (χ4n) is 1.17. The highest BCUT2D eigenvalue weighted by Crippen LogP contribution is 2.05. The maximum Gasteiger partial charge on any atom is 0.302 e. The van der Waals surface area contributed by atoms with Crippen molar-refractivity contribution in [1.82, 2.24) is 0 Å². The lowest BCUT2D eigenvalue weighted by Gasteiger charge is -1.97. The number of hydrogen-bond donors (Lipinski definition) is 0. The molecule has 0 unspecified atom stereocenters. The van der Waals surface area contributed by atoms with E-state index in [4.69, 9.17) is 4.74 Å². The molecule has 0 fully saturated rings. The number of ether oxygens (including phenoxy) is 1. The number of rotatable bonds is 7. The molecule has 0 saturated heterocycles. The van der Waals surface area contributed by atoms with E-state index < -0.39 is 0 Å². The quantitative estimate of drug-likeness (QED) is 0.295. The monoisotopic (exact) mass is 237 g/mol. The number of carbonyl (C=O) groups is 1. The number of aliphatic imine (C=N–C) groups is 1. The lowest BCUT2D eigenvalue weighted by Crippen LogP contribution is -2.02. The van der Waals surface area contributed by atoms with Gasteiger partial charge in [0, 0.05) is 13.1 Å². The molecule has 0 atom stereocenters. The maximum absolute atomic E-state index is 10.5. The van der Waals surface area contributed by atoms with Crippen LogP contribution in [0.4, 0.5) is 0 Å². The predicted molar refractivity (Wildman–Crippen MR) is 72.4 cm³/mol. The molecule has 0 N–H and O–H groups in total. The zero-order valence-corrected chi connectivity index (χ0v) is 11.3. The van der Waals surface area contributed by atoms with Gasteiger partial charge in [-0.2, -0.15) is 0 Å². The van der Waals surface area contributed by atoms with Gasteiger partial charge in [0.1, 0.15) is 6.61 Å². The van der Waals surface area contributed by atoms with Crippen LogP contribution in [0.1, 0.15) is 40.5 Å². The van der Waals surface area contributed by atoms with Crippen LogP contribution in [-0.4, -0.2) is 25.3 Å². The maximum atomic E-state index is 10.5. The number of carbonyl (C=O) groups excluding carboxylic acids is 1. The van der Waals surface area contributed by atoms with E-state index in [1.807, 2.05) is 6.08 Å². The van der Waals surface area contributed by atoms with E-state index in [0.717, 1.165) is 12.8 Å². The molecule has 0 aromatic carbocycles. The van der Waals surface area contributed by atoms with Crippen molar-refractivity contribution in [3.05, 3.63) is 23.3 Å². The second-order valence-corrected chi connectivity index (χ2v) is 4.23. The Morgan fingerprint density at radius 2 is 1.94 bits per heavy atom. The Morgan fingerprint density at radius 3 is 2.53 bits per heavy atom. The molecule has 0 radical (unpaired) electrons. The standard InChI is InChI=1S/C14H23NO2/c1-12(2)6-5-7-13(3)8-9-15-10-11-17-14(4)16/h6,8-9H,5,7,10-11H2,1-4H3/b13-8+,15-9?. The molecule has 0 bridgehead atoms. The van der Waals surface area contributed by atoms with Crippen LogP contribution in [0.15, 0.2) is 28.3 Å². The molecule has 0 heterocycles. The molecule has 0 rings (SSSR count). The van der Waals surface area contributed by atoms with Crippen molar-refractivity contribution in [3.63, 3.8) is 0 Å². The first-order valence-electron chi connectivity index (χ1n) is 5.94. The number of nitrogens with zero attached hydrogens (tertiary/aromatic N) is 1. The van der Waals surface area contributed by atoms with Gasteiger partial charge in [-0.05, 0) is 39.7 Å². The highest BCUT2D eigenvalue weighted by Gasteiger charge is 1.89. The molecule has 0 aromatic heterocycles. The summed E-state index contributed by atoms with van der Waals surface area (Å²) >= 11 is 0. The Hall–Kier alpha value is -1.38.